The Morgan fingerprint density at radius 2 is 1.94 bits per heavy atom. The lowest BCUT2D eigenvalue weighted by Gasteiger charge is -2.42. The minimum atomic E-state index is -0.181. The number of ether oxygens (including phenoxy) is 1. The Bertz CT molecular complexity index is 341. The van der Waals surface area contributed by atoms with E-state index in [9.17, 15) is 4.79 Å². The highest BCUT2D eigenvalue weighted by Crippen LogP contribution is 2.37. The maximum atomic E-state index is 12.6. The van der Waals surface area contributed by atoms with E-state index in [1.165, 1.54) is 12.8 Å². The first kappa shape index (κ1) is 13.6. The van der Waals surface area contributed by atoms with Gasteiger partial charge in [-0.1, -0.05) is 12.8 Å². The minimum absolute atomic E-state index is 0.181. The van der Waals surface area contributed by atoms with Gasteiger partial charge in [-0.05, 0) is 19.8 Å². The van der Waals surface area contributed by atoms with Crippen LogP contribution in [-0.2, 0) is 9.53 Å². The van der Waals surface area contributed by atoms with Gasteiger partial charge in [0.2, 0.25) is 0 Å². The van der Waals surface area contributed by atoms with Crippen LogP contribution < -0.4 is 0 Å². The predicted octanol–water partition coefficient (Wildman–Crippen LogP) is 2.00. The molecular formula is C15H23NO2. The van der Waals surface area contributed by atoms with Gasteiger partial charge >= 0.3 is 0 Å². The summed E-state index contributed by atoms with van der Waals surface area (Å²) in [6.07, 6.45) is 5.75. The predicted molar refractivity (Wildman–Crippen MR) is 71.3 cm³/mol. The van der Waals surface area contributed by atoms with Crippen molar-refractivity contribution < 1.29 is 9.53 Å². The standard InChI is InChI=1S/C15H23NO2/c1-2-3-4-7-14(17)15(8-5-6-9-15)16-10-12-18-13-11-16/h4-13H2,1H3. The second kappa shape index (κ2) is 6.36. The van der Waals surface area contributed by atoms with Crippen LogP contribution in [0.2, 0.25) is 0 Å². The number of Topliss-reactive ketones (excluding diaryl/α,β-unsaturated/α-hetero) is 1. The van der Waals surface area contributed by atoms with Gasteiger partial charge in [0.05, 0.1) is 18.8 Å². The molecule has 1 heterocycles. The van der Waals surface area contributed by atoms with Crippen molar-refractivity contribution >= 4 is 5.78 Å². The van der Waals surface area contributed by atoms with Crippen LogP contribution in [0.1, 0.15) is 45.4 Å². The molecule has 0 amide bonds. The fourth-order valence-electron chi connectivity index (χ4n) is 3.26. The fourth-order valence-corrected chi connectivity index (χ4v) is 3.26. The SMILES string of the molecule is CC#CCCC(=O)C1(N2CCOCC2)CCCC1. The number of nitrogens with zero attached hydrogens (tertiary/aromatic N) is 1. The van der Waals surface area contributed by atoms with Crippen molar-refractivity contribution in [2.45, 2.75) is 51.0 Å². The van der Waals surface area contributed by atoms with Crippen molar-refractivity contribution in [3.8, 4) is 11.8 Å². The van der Waals surface area contributed by atoms with E-state index in [2.05, 4.69) is 16.7 Å². The topological polar surface area (TPSA) is 29.5 Å². The highest BCUT2D eigenvalue weighted by molar-refractivity contribution is 5.89. The quantitative estimate of drug-likeness (QED) is 0.714. The number of hydrogen-bond donors (Lipinski definition) is 0. The Kier molecular flexibility index (Phi) is 4.79. The van der Waals surface area contributed by atoms with Crippen LogP contribution in [-0.4, -0.2) is 42.5 Å². The first-order valence-corrected chi connectivity index (χ1v) is 7.05. The van der Waals surface area contributed by atoms with Crippen LogP contribution in [0.5, 0.6) is 0 Å². The molecule has 1 saturated heterocycles. The van der Waals surface area contributed by atoms with E-state index in [4.69, 9.17) is 4.74 Å². The second-order valence-electron chi connectivity index (χ2n) is 5.19. The van der Waals surface area contributed by atoms with Gasteiger partial charge in [-0.3, -0.25) is 9.69 Å². The smallest absolute Gasteiger partial charge is 0.154 e. The summed E-state index contributed by atoms with van der Waals surface area (Å²) in [4.78, 5) is 15.0. The molecule has 0 aromatic carbocycles. The molecule has 1 aliphatic carbocycles. The van der Waals surface area contributed by atoms with Crippen LogP contribution >= 0.6 is 0 Å². The van der Waals surface area contributed by atoms with Gasteiger partial charge in [-0.25, -0.2) is 0 Å². The van der Waals surface area contributed by atoms with Crippen LogP contribution in [0.4, 0.5) is 0 Å². The molecule has 0 atom stereocenters. The molecule has 3 nitrogen and oxygen atoms in total. The van der Waals surface area contributed by atoms with Crippen LogP contribution in [0.25, 0.3) is 0 Å². The average molecular weight is 249 g/mol. The summed E-state index contributed by atoms with van der Waals surface area (Å²) in [6.45, 7) is 5.18. The molecule has 2 rings (SSSR count). The van der Waals surface area contributed by atoms with E-state index in [0.717, 1.165) is 39.1 Å². The molecule has 0 aromatic heterocycles. The molecule has 0 bridgehead atoms. The van der Waals surface area contributed by atoms with Crippen LogP contribution in [0.15, 0.2) is 0 Å². The lowest BCUT2D eigenvalue weighted by Crippen LogP contribution is -2.56. The van der Waals surface area contributed by atoms with E-state index in [1.54, 1.807) is 0 Å². The number of ketones is 1. The monoisotopic (exact) mass is 249 g/mol. The molecule has 0 radical (unpaired) electrons. The molecule has 1 aliphatic heterocycles. The summed E-state index contributed by atoms with van der Waals surface area (Å²) >= 11 is 0. The minimum Gasteiger partial charge on any atom is -0.379 e. The van der Waals surface area contributed by atoms with Gasteiger partial charge in [0.25, 0.3) is 0 Å². The van der Waals surface area contributed by atoms with Crippen molar-refractivity contribution in [1.82, 2.24) is 4.90 Å². The van der Waals surface area contributed by atoms with Crippen molar-refractivity contribution in [3.05, 3.63) is 0 Å². The van der Waals surface area contributed by atoms with Gasteiger partial charge in [0.15, 0.2) is 5.78 Å². The van der Waals surface area contributed by atoms with Crippen LogP contribution in [0.3, 0.4) is 0 Å². The highest BCUT2D eigenvalue weighted by Gasteiger charge is 2.45. The maximum absolute atomic E-state index is 12.6. The highest BCUT2D eigenvalue weighted by atomic mass is 16.5. The zero-order chi connectivity index (χ0) is 12.8. The molecule has 0 unspecified atom stereocenters. The van der Waals surface area contributed by atoms with Crippen molar-refractivity contribution in [2.24, 2.45) is 0 Å². The Morgan fingerprint density at radius 3 is 2.56 bits per heavy atom. The number of rotatable bonds is 4. The molecular weight excluding hydrogens is 226 g/mol. The van der Waals surface area contributed by atoms with E-state index in [1.807, 2.05) is 6.92 Å². The number of hydrogen-bond acceptors (Lipinski definition) is 3. The molecule has 0 N–H and O–H groups in total. The zero-order valence-corrected chi connectivity index (χ0v) is 11.3. The molecule has 1 saturated carbocycles. The van der Waals surface area contributed by atoms with Crippen molar-refractivity contribution in [3.63, 3.8) is 0 Å². The zero-order valence-electron chi connectivity index (χ0n) is 11.3. The Morgan fingerprint density at radius 1 is 1.28 bits per heavy atom. The van der Waals surface area contributed by atoms with E-state index in [0.29, 0.717) is 18.6 Å². The Hall–Kier alpha value is -0.850. The van der Waals surface area contributed by atoms with Crippen LogP contribution in [0, 0.1) is 11.8 Å². The van der Waals surface area contributed by atoms with Gasteiger partial charge in [0.1, 0.15) is 0 Å². The third-order valence-electron chi connectivity index (χ3n) is 4.22. The summed E-state index contributed by atoms with van der Waals surface area (Å²) < 4.78 is 5.41. The third-order valence-corrected chi connectivity index (χ3v) is 4.22. The first-order chi connectivity index (χ1) is 8.79. The Balaban J connectivity index is 2.04. The summed E-state index contributed by atoms with van der Waals surface area (Å²) in [6, 6.07) is 0. The summed E-state index contributed by atoms with van der Waals surface area (Å²) in [5.74, 6) is 6.29. The molecule has 100 valence electrons. The molecule has 2 fully saturated rings. The largest absolute Gasteiger partial charge is 0.379 e. The van der Waals surface area contributed by atoms with Gasteiger partial charge in [-0.15, -0.1) is 11.8 Å². The maximum Gasteiger partial charge on any atom is 0.154 e. The normalized spacial score (nSPS) is 23.4. The van der Waals surface area contributed by atoms with Crippen molar-refractivity contribution in [1.29, 1.82) is 0 Å². The third kappa shape index (κ3) is 2.76. The van der Waals surface area contributed by atoms with Gasteiger partial charge in [-0.2, -0.15) is 0 Å². The molecule has 0 spiro atoms. The number of carbonyl (C=O) groups excluding carboxylic acids is 1. The molecule has 2 aliphatic rings. The summed E-state index contributed by atoms with van der Waals surface area (Å²) in [7, 11) is 0. The van der Waals surface area contributed by atoms with Gasteiger partial charge in [0, 0.05) is 25.9 Å². The van der Waals surface area contributed by atoms with Crippen molar-refractivity contribution in [2.75, 3.05) is 26.3 Å². The number of morpholine rings is 1. The van der Waals surface area contributed by atoms with E-state index in [-0.39, 0.29) is 5.54 Å². The van der Waals surface area contributed by atoms with E-state index < -0.39 is 0 Å². The lowest BCUT2D eigenvalue weighted by molar-refractivity contribution is -0.134. The average Bonchev–Trinajstić information content (AvgIpc) is 2.90. The second-order valence-corrected chi connectivity index (χ2v) is 5.19. The van der Waals surface area contributed by atoms with E-state index >= 15 is 0 Å². The molecule has 18 heavy (non-hydrogen) atoms. The number of carbonyl (C=O) groups is 1. The molecule has 3 heteroatoms. The fraction of sp³-hybridized carbons (Fsp3) is 0.800. The van der Waals surface area contributed by atoms with Gasteiger partial charge < -0.3 is 4.74 Å². The summed E-state index contributed by atoms with van der Waals surface area (Å²) in [5, 5.41) is 0. The first-order valence-electron chi connectivity index (χ1n) is 7.05. The lowest BCUT2D eigenvalue weighted by atomic mass is 9.87. The Labute approximate surface area is 110 Å². The summed E-state index contributed by atoms with van der Waals surface area (Å²) in [5.41, 5.74) is -0.181. The molecule has 0 aromatic rings.